The monoisotopic (exact) mass is 138 g/mol. The average molecular weight is 138 g/mol. The summed E-state index contributed by atoms with van der Waals surface area (Å²) in [5.41, 5.74) is 1.68. The second-order valence-electron chi connectivity index (χ2n) is 4.37. The summed E-state index contributed by atoms with van der Waals surface area (Å²) in [5, 5.41) is 0. The Morgan fingerprint density at radius 1 is 1.40 bits per heavy atom. The molecule has 1 saturated carbocycles. The van der Waals surface area contributed by atoms with Crippen LogP contribution in [0, 0.1) is 11.8 Å². The second kappa shape index (κ2) is 1.65. The van der Waals surface area contributed by atoms with Gasteiger partial charge in [-0.25, -0.2) is 0 Å². The van der Waals surface area contributed by atoms with Crippen molar-refractivity contribution in [2.45, 2.75) is 19.8 Å². The van der Waals surface area contributed by atoms with Gasteiger partial charge in [0.2, 0.25) is 0 Å². The molecular formula is C9H16N+. The van der Waals surface area contributed by atoms with Gasteiger partial charge < -0.3 is 0 Å². The summed E-state index contributed by atoms with van der Waals surface area (Å²) in [5.74, 6) is 1.94. The number of quaternary nitrogens is 1. The Hall–Kier alpha value is -0.300. The Morgan fingerprint density at radius 3 is 2.20 bits per heavy atom. The van der Waals surface area contributed by atoms with Crippen LogP contribution in [0.25, 0.3) is 0 Å². The molecule has 1 nitrogen and oxygen atoms in total. The number of allylic oxidation sites excluding steroid dienone is 1. The predicted molar refractivity (Wildman–Crippen MR) is 42.1 cm³/mol. The van der Waals surface area contributed by atoms with E-state index in [1.807, 2.05) is 0 Å². The molecule has 0 aromatic heterocycles. The molecule has 0 N–H and O–H groups in total. The van der Waals surface area contributed by atoms with Crippen LogP contribution in [0.2, 0.25) is 0 Å². The Kier molecular flexibility index (Phi) is 1.06. The van der Waals surface area contributed by atoms with E-state index in [-0.39, 0.29) is 0 Å². The maximum atomic E-state index is 2.37. The molecule has 0 atom stereocenters. The van der Waals surface area contributed by atoms with Crippen LogP contribution in [0.4, 0.5) is 0 Å². The van der Waals surface area contributed by atoms with E-state index in [0.717, 1.165) is 16.3 Å². The van der Waals surface area contributed by atoms with Crippen LogP contribution < -0.4 is 0 Å². The van der Waals surface area contributed by atoms with Gasteiger partial charge in [0.05, 0.1) is 14.1 Å². The molecule has 1 aliphatic heterocycles. The van der Waals surface area contributed by atoms with Gasteiger partial charge in [0, 0.05) is 5.92 Å². The molecule has 0 bridgehead atoms. The minimum Gasteiger partial charge on any atom is -0.264 e. The van der Waals surface area contributed by atoms with Crippen molar-refractivity contribution in [3.8, 4) is 0 Å². The van der Waals surface area contributed by atoms with Gasteiger partial charge in [-0.05, 0) is 18.8 Å². The first-order chi connectivity index (χ1) is 4.59. The highest BCUT2D eigenvalue weighted by molar-refractivity contribution is 5.11. The summed E-state index contributed by atoms with van der Waals surface area (Å²) in [6, 6.07) is 0. The lowest BCUT2D eigenvalue weighted by molar-refractivity contribution is -0.735. The summed E-state index contributed by atoms with van der Waals surface area (Å²) in [6.07, 6.45) is 5.25. The third-order valence-electron chi connectivity index (χ3n) is 2.84. The third-order valence-corrected chi connectivity index (χ3v) is 2.84. The standard InChI is InChI=1S/C9H16N/c1-7-4-8(5-7)9-6-10(9,2)3/h6-8H,4-5H2,1-3H3/q+1. The number of rotatable bonds is 1. The van der Waals surface area contributed by atoms with Gasteiger partial charge >= 0.3 is 0 Å². The zero-order valence-electron chi connectivity index (χ0n) is 7.09. The molecule has 0 radical (unpaired) electrons. The van der Waals surface area contributed by atoms with Crippen LogP contribution in [-0.4, -0.2) is 18.6 Å². The minimum absolute atomic E-state index is 0.949. The first kappa shape index (κ1) is 6.41. The lowest BCUT2D eigenvalue weighted by atomic mass is 9.75. The van der Waals surface area contributed by atoms with Crippen molar-refractivity contribution in [1.82, 2.24) is 0 Å². The summed E-state index contributed by atoms with van der Waals surface area (Å²) in [6.45, 7) is 2.35. The average Bonchev–Trinajstić information content (AvgIpc) is 2.32. The topological polar surface area (TPSA) is 0 Å². The number of hydrogen-bond acceptors (Lipinski definition) is 0. The van der Waals surface area contributed by atoms with E-state index >= 15 is 0 Å². The molecule has 1 aliphatic carbocycles. The molecule has 0 spiro atoms. The molecule has 0 amide bonds. The molecule has 56 valence electrons. The van der Waals surface area contributed by atoms with E-state index in [1.165, 1.54) is 12.8 Å². The highest BCUT2D eigenvalue weighted by atomic mass is 15.4. The van der Waals surface area contributed by atoms with Gasteiger partial charge in [-0.3, -0.25) is 4.48 Å². The fraction of sp³-hybridized carbons (Fsp3) is 0.778. The molecule has 0 saturated heterocycles. The molecule has 0 aromatic rings. The number of hydrogen-bond donors (Lipinski definition) is 0. The molecule has 1 fully saturated rings. The van der Waals surface area contributed by atoms with Crippen molar-refractivity contribution in [2.75, 3.05) is 14.1 Å². The highest BCUT2D eigenvalue weighted by Gasteiger charge is 2.46. The van der Waals surface area contributed by atoms with Crippen LogP contribution in [-0.2, 0) is 0 Å². The second-order valence-corrected chi connectivity index (χ2v) is 4.37. The molecule has 2 rings (SSSR count). The summed E-state index contributed by atoms with van der Waals surface area (Å²) in [4.78, 5) is 0. The van der Waals surface area contributed by atoms with Crippen LogP contribution in [0.15, 0.2) is 11.9 Å². The van der Waals surface area contributed by atoms with Crippen LogP contribution in [0.5, 0.6) is 0 Å². The zero-order valence-corrected chi connectivity index (χ0v) is 7.09. The normalized spacial score (nSPS) is 42.1. The van der Waals surface area contributed by atoms with E-state index in [0.29, 0.717) is 0 Å². The SMILES string of the molecule is CC1CC(C2=C[N+]2(C)C)C1. The van der Waals surface area contributed by atoms with Crippen molar-refractivity contribution in [2.24, 2.45) is 11.8 Å². The molecule has 1 heterocycles. The van der Waals surface area contributed by atoms with E-state index in [9.17, 15) is 0 Å². The van der Waals surface area contributed by atoms with E-state index in [1.54, 1.807) is 5.70 Å². The fourth-order valence-electron chi connectivity index (χ4n) is 2.02. The van der Waals surface area contributed by atoms with Gasteiger partial charge in [-0.15, -0.1) is 0 Å². The molecule has 1 heteroatoms. The first-order valence-corrected chi connectivity index (χ1v) is 4.16. The zero-order chi connectivity index (χ0) is 7.35. The quantitative estimate of drug-likeness (QED) is 0.486. The molecule has 10 heavy (non-hydrogen) atoms. The Bertz CT molecular complexity index is 185. The first-order valence-electron chi connectivity index (χ1n) is 4.16. The summed E-state index contributed by atoms with van der Waals surface area (Å²) >= 11 is 0. The van der Waals surface area contributed by atoms with Crippen LogP contribution >= 0.6 is 0 Å². The molecule has 0 aromatic carbocycles. The van der Waals surface area contributed by atoms with Crippen LogP contribution in [0.1, 0.15) is 19.8 Å². The van der Waals surface area contributed by atoms with Crippen molar-refractivity contribution in [1.29, 1.82) is 0 Å². The Morgan fingerprint density at radius 2 is 1.90 bits per heavy atom. The molecule has 0 unspecified atom stereocenters. The van der Waals surface area contributed by atoms with Gasteiger partial charge in [0.15, 0.2) is 11.9 Å². The van der Waals surface area contributed by atoms with Crippen LogP contribution in [0.3, 0.4) is 0 Å². The van der Waals surface area contributed by atoms with Crippen molar-refractivity contribution in [3.63, 3.8) is 0 Å². The minimum atomic E-state index is 0.949. The fourth-order valence-corrected chi connectivity index (χ4v) is 2.02. The molecule has 2 aliphatic rings. The third kappa shape index (κ3) is 0.807. The highest BCUT2D eigenvalue weighted by Crippen LogP contribution is 2.47. The lowest BCUT2D eigenvalue weighted by Gasteiger charge is -2.30. The summed E-state index contributed by atoms with van der Waals surface area (Å²) < 4.78 is 1.09. The van der Waals surface area contributed by atoms with Gasteiger partial charge in [0.1, 0.15) is 0 Å². The van der Waals surface area contributed by atoms with Gasteiger partial charge in [0.25, 0.3) is 0 Å². The van der Waals surface area contributed by atoms with Gasteiger partial charge in [-0.1, -0.05) is 6.92 Å². The maximum Gasteiger partial charge on any atom is 0.170 e. The van der Waals surface area contributed by atoms with E-state index < -0.39 is 0 Å². The van der Waals surface area contributed by atoms with Gasteiger partial charge in [-0.2, -0.15) is 0 Å². The Balaban J connectivity index is 1.89. The predicted octanol–water partition coefficient (Wildman–Crippen LogP) is 1.96. The lowest BCUT2D eigenvalue weighted by Crippen LogP contribution is -2.27. The van der Waals surface area contributed by atoms with Crippen molar-refractivity contribution in [3.05, 3.63) is 11.9 Å². The van der Waals surface area contributed by atoms with E-state index in [2.05, 4.69) is 27.2 Å². The largest absolute Gasteiger partial charge is 0.264 e. The maximum absolute atomic E-state index is 2.37. The summed E-state index contributed by atoms with van der Waals surface area (Å²) in [7, 11) is 4.52. The molecular weight excluding hydrogens is 122 g/mol. The Labute approximate surface area is 62.9 Å². The number of nitrogens with zero attached hydrogens (tertiary/aromatic N) is 1. The van der Waals surface area contributed by atoms with E-state index in [4.69, 9.17) is 0 Å². The van der Waals surface area contributed by atoms with Crippen molar-refractivity contribution < 1.29 is 4.48 Å². The van der Waals surface area contributed by atoms with Crippen molar-refractivity contribution >= 4 is 0 Å². The smallest absolute Gasteiger partial charge is 0.170 e.